The van der Waals surface area contributed by atoms with E-state index in [0.717, 1.165) is 16.5 Å². The molecular weight excluding hydrogens is 479 g/mol. The number of anilines is 1. The summed E-state index contributed by atoms with van der Waals surface area (Å²) in [4.78, 5) is 29.2. The Morgan fingerprint density at radius 3 is 2.75 bits per heavy atom. The maximum absolute atomic E-state index is 14.3. The second-order valence-electron chi connectivity index (χ2n) is 7.40. The van der Waals surface area contributed by atoms with Crippen molar-refractivity contribution in [2.75, 3.05) is 5.32 Å². The number of H-pyrrole nitrogens is 1. The number of aromatic nitrogens is 2. The molecule has 2 amide bonds. The van der Waals surface area contributed by atoms with E-state index in [1.807, 2.05) is 24.3 Å². The zero-order valence-electron chi connectivity index (χ0n) is 17.3. The number of nitrogens with zero attached hydrogens (tertiary/aromatic N) is 1. The lowest BCUT2D eigenvalue weighted by Gasteiger charge is -2.19. The van der Waals surface area contributed by atoms with Crippen LogP contribution in [0, 0.1) is 19.7 Å². The molecule has 0 aliphatic rings. The van der Waals surface area contributed by atoms with Crippen LogP contribution in [0.2, 0.25) is 0 Å². The summed E-state index contributed by atoms with van der Waals surface area (Å²) in [5, 5.41) is 10.2. The van der Waals surface area contributed by atoms with E-state index in [4.69, 9.17) is 4.52 Å². The first kappa shape index (κ1) is 21.8. The van der Waals surface area contributed by atoms with Gasteiger partial charge in [-0.15, -0.1) is 0 Å². The lowest BCUT2D eigenvalue weighted by molar-refractivity contribution is -0.118. The number of carbonyl (C=O) groups is 2. The van der Waals surface area contributed by atoms with Crippen LogP contribution in [0.15, 0.2) is 57.7 Å². The lowest BCUT2D eigenvalue weighted by atomic mass is 10.0. The van der Waals surface area contributed by atoms with Crippen LogP contribution >= 0.6 is 15.9 Å². The van der Waals surface area contributed by atoms with Crippen LogP contribution in [-0.2, 0) is 11.2 Å². The summed E-state index contributed by atoms with van der Waals surface area (Å²) in [6.07, 6.45) is 1.99. The average molecular weight is 499 g/mol. The minimum absolute atomic E-state index is 0.159. The maximum atomic E-state index is 14.3. The van der Waals surface area contributed by atoms with Crippen LogP contribution in [0.25, 0.3) is 10.9 Å². The maximum Gasteiger partial charge on any atom is 0.254 e. The summed E-state index contributed by atoms with van der Waals surface area (Å²) in [6, 6.07) is 10.7. The van der Waals surface area contributed by atoms with Gasteiger partial charge in [-0.05, 0) is 43.7 Å². The molecule has 0 fully saturated rings. The van der Waals surface area contributed by atoms with Crippen molar-refractivity contribution in [1.29, 1.82) is 0 Å². The molecule has 4 rings (SSSR count). The summed E-state index contributed by atoms with van der Waals surface area (Å²) in [5.74, 6) is -1.38. The quantitative estimate of drug-likeness (QED) is 0.360. The molecule has 0 aliphatic heterocycles. The Morgan fingerprint density at radius 1 is 1.22 bits per heavy atom. The lowest BCUT2D eigenvalue weighted by Crippen LogP contribution is -2.45. The Kier molecular flexibility index (Phi) is 6.09. The van der Waals surface area contributed by atoms with Crippen LogP contribution in [0.3, 0.4) is 0 Å². The Balaban J connectivity index is 1.64. The normalized spacial score (nSPS) is 12.0. The number of hydrogen-bond acceptors (Lipinski definition) is 4. The summed E-state index contributed by atoms with van der Waals surface area (Å²) >= 11 is 3.24. The fourth-order valence-electron chi connectivity index (χ4n) is 3.51. The number of hydrogen-bond donors (Lipinski definition) is 3. The number of aryl methyl sites for hydroxylation is 2. The molecule has 7 nitrogen and oxygen atoms in total. The van der Waals surface area contributed by atoms with Crippen molar-refractivity contribution < 1.29 is 18.5 Å². The fraction of sp³-hybridized carbons (Fsp3) is 0.174. The highest BCUT2D eigenvalue weighted by atomic mass is 79.9. The number of nitrogens with one attached hydrogen (secondary N) is 3. The van der Waals surface area contributed by atoms with Crippen LogP contribution in [0.5, 0.6) is 0 Å². The van der Waals surface area contributed by atoms with E-state index in [1.165, 1.54) is 18.2 Å². The molecule has 164 valence electrons. The Morgan fingerprint density at radius 2 is 2.00 bits per heavy atom. The van der Waals surface area contributed by atoms with Crippen molar-refractivity contribution in [3.05, 3.63) is 81.5 Å². The predicted octanol–water partition coefficient (Wildman–Crippen LogP) is 4.65. The van der Waals surface area contributed by atoms with Gasteiger partial charge in [0.15, 0.2) is 5.76 Å². The van der Waals surface area contributed by atoms with Gasteiger partial charge in [0, 0.05) is 28.0 Å². The molecule has 32 heavy (non-hydrogen) atoms. The van der Waals surface area contributed by atoms with Gasteiger partial charge < -0.3 is 20.1 Å². The molecule has 9 heteroatoms. The first-order valence-electron chi connectivity index (χ1n) is 9.88. The van der Waals surface area contributed by atoms with Gasteiger partial charge in [0.2, 0.25) is 5.91 Å². The van der Waals surface area contributed by atoms with Gasteiger partial charge in [-0.3, -0.25) is 9.59 Å². The number of benzene rings is 2. The van der Waals surface area contributed by atoms with E-state index in [0.29, 0.717) is 21.6 Å². The van der Waals surface area contributed by atoms with Gasteiger partial charge in [-0.2, -0.15) is 0 Å². The number of amides is 2. The molecule has 2 aromatic carbocycles. The smallest absolute Gasteiger partial charge is 0.254 e. The molecule has 0 aliphatic carbocycles. The summed E-state index contributed by atoms with van der Waals surface area (Å²) in [7, 11) is 0. The van der Waals surface area contributed by atoms with Crippen LogP contribution in [0.4, 0.5) is 10.1 Å². The van der Waals surface area contributed by atoms with Crippen molar-refractivity contribution >= 4 is 44.3 Å². The Labute approximate surface area is 191 Å². The molecule has 4 aromatic rings. The zero-order valence-corrected chi connectivity index (χ0v) is 18.9. The van der Waals surface area contributed by atoms with E-state index in [9.17, 15) is 14.0 Å². The fourth-order valence-corrected chi connectivity index (χ4v) is 3.87. The number of para-hydroxylation sites is 1. The van der Waals surface area contributed by atoms with E-state index >= 15 is 0 Å². The third-order valence-corrected chi connectivity index (χ3v) is 5.67. The number of rotatable bonds is 6. The van der Waals surface area contributed by atoms with Gasteiger partial charge in [-0.1, -0.05) is 39.3 Å². The van der Waals surface area contributed by atoms with Crippen LogP contribution in [-0.4, -0.2) is 28.0 Å². The predicted molar refractivity (Wildman–Crippen MR) is 122 cm³/mol. The number of carbonyl (C=O) groups excluding carboxylic acids is 2. The average Bonchev–Trinajstić information content (AvgIpc) is 3.33. The van der Waals surface area contributed by atoms with Crippen LogP contribution in [0.1, 0.15) is 27.4 Å². The molecule has 0 unspecified atom stereocenters. The van der Waals surface area contributed by atoms with Crippen molar-refractivity contribution in [2.45, 2.75) is 26.3 Å². The molecule has 0 radical (unpaired) electrons. The second-order valence-corrected chi connectivity index (χ2v) is 8.32. The molecule has 0 spiro atoms. The van der Waals surface area contributed by atoms with Crippen molar-refractivity contribution in [2.24, 2.45) is 0 Å². The molecule has 2 aromatic heterocycles. The second kappa shape index (κ2) is 8.96. The standard InChI is InChI=1S/C23H20BrFN4O3/c1-12-21(13(2)32-29-12)28-23(31)20(9-14-11-26-19-6-4-3-5-16(14)19)27-22(30)17-10-15(24)7-8-18(17)25/h3-8,10-11,20,26H,9H2,1-2H3,(H,27,30)(H,28,31)/t20-/m0/s1. The third kappa shape index (κ3) is 4.43. The topological polar surface area (TPSA) is 100 Å². The van der Waals surface area contributed by atoms with Gasteiger partial charge in [0.1, 0.15) is 23.2 Å². The molecule has 0 bridgehead atoms. The molecule has 0 saturated heterocycles. The minimum Gasteiger partial charge on any atom is -0.361 e. The molecule has 2 heterocycles. The Hall–Kier alpha value is -3.46. The number of fused-ring (bicyclic) bond motifs is 1. The van der Waals surface area contributed by atoms with Crippen molar-refractivity contribution in [1.82, 2.24) is 15.5 Å². The van der Waals surface area contributed by atoms with E-state index < -0.39 is 23.7 Å². The Bertz CT molecular complexity index is 1290. The minimum atomic E-state index is -0.978. The number of halogens is 2. The molecule has 1 atom stereocenters. The van der Waals surface area contributed by atoms with Gasteiger partial charge >= 0.3 is 0 Å². The number of aromatic amines is 1. The largest absolute Gasteiger partial charge is 0.361 e. The monoisotopic (exact) mass is 498 g/mol. The van der Waals surface area contributed by atoms with E-state index in [-0.39, 0.29) is 12.0 Å². The SMILES string of the molecule is Cc1noc(C)c1NC(=O)[C@H](Cc1c[nH]c2ccccc12)NC(=O)c1cc(Br)ccc1F. The van der Waals surface area contributed by atoms with E-state index in [1.54, 1.807) is 20.0 Å². The highest BCUT2D eigenvalue weighted by Gasteiger charge is 2.26. The highest BCUT2D eigenvalue weighted by molar-refractivity contribution is 9.10. The first-order chi connectivity index (χ1) is 15.3. The third-order valence-electron chi connectivity index (χ3n) is 5.18. The highest BCUT2D eigenvalue weighted by Crippen LogP contribution is 2.22. The molecular formula is C23H20BrFN4O3. The van der Waals surface area contributed by atoms with Gasteiger partial charge in [0.05, 0.1) is 5.56 Å². The van der Waals surface area contributed by atoms with Crippen molar-refractivity contribution in [3.63, 3.8) is 0 Å². The van der Waals surface area contributed by atoms with Crippen LogP contribution < -0.4 is 10.6 Å². The summed E-state index contributed by atoms with van der Waals surface area (Å²) < 4.78 is 19.9. The summed E-state index contributed by atoms with van der Waals surface area (Å²) in [6.45, 7) is 3.38. The van der Waals surface area contributed by atoms with Crippen molar-refractivity contribution in [3.8, 4) is 0 Å². The molecule has 3 N–H and O–H groups in total. The summed E-state index contributed by atoms with van der Waals surface area (Å²) in [5.41, 5.74) is 2.56. The zero-order chi connectivity index (χ0) is 22.8. The molecule has 0 saturated carbocycles. The van der Waals surface area contributed by atoms with Gasteiger partial charge in [-0.25, -0.2) is 4.39 Å². The van der Waals surface area contributed by atoms with Gasteiger partial charge in [0.25, 0.3) is 5.91 Å². The van der Waals surface area contributed by atoms with E-state index in [2.05, 4.69) is 36.7 Å². The first-order valence-corrected chi connectivity index (χ1v) is 10.7.